The molecule has 0 saturated carbocycles. The van der Waals surface area contributed by atoms with Crippen molar-refractivity contribution in [2.24, 2.45) is 0 Å². The molecule has 0 unspecified atom stereocenters. The lowest BCUT2D eigenvalue weighted by atomic mass is 10.3. The maximum atomic E-state index is 5.73. The molecule has 0 fully saturated rings. The van der Waals surface area contributed by atoms with Crippen molar-refractivity contribution < 1.29 is 4.74 Å². The zero-order valence-corrected chi connectivity index (χ0v) is 7.27. The minimum absolute atomic E-state index is 0.492. The van der Waals surface area contributed by atoms with Gasteiger partial charge in [0, 0.05) is 12.4 Å². The summed E-state index contributed by atoms with van der Waals surface area (Å²) in [6.45, 7) is 0. The van der Waals surface area contributed by atoms with Gasteiger partial charge in [0.2, 0.25) is 0 Å². The summed E-state index contributed by atoms with van der Waals surface area (Å²) < 4.78 is 5.05. The number of hydrogen-bond acceptors (Lipinski definition) is 5. The average molecular weight is 188 g/mol. The van der Waals surface area contributed by atoms with Gasteiger partial charge in [-0.05, 0) is 6.07 Å². The molecule has 2 aliphatic heterocycles. The van der Waals surface area contributed by atoms with E-state index in [1.807, 2.05) is 17.2 Å². The van der Waals surface area contributed by atoms with E-state index in [1.54, 1.807) is 18.7 Å². The van der Waals surface area contributed by atoms with E-state index < -0.39 is 0 Å². The lowest BCUT2D eigenvalue weighted by Crippen LogP contribution is -2.15. The monoisotopic (exact) mass is 188 g/mol. The Kier molecular flexibility index (Phi) is 1.25. The number of rotatable bonds is 0. The molecule has 1 aromatic heterocycles. The van der Waals surface area contributed by atoms with Crippen molar-refractivity contribution in [3.05, 3.63) is 36.8 Å². The van der Waals surface area contributed by atoms with Crippen LogP contribution in [-0.2, 0) is 4.74 Å². The highest BCUT2D eigenvalue weighted by molar-refractivity contribution is 5.88. The van der Waals surface area contributed by atoms with Crippen molar-refractivity contribution in [3.8, 4) is 0 Å². The highest BCUT2D eigenvalue weighted by Gasteiger charge is 2.26. The second kappa shape index (κ2) is 2.41. The van der Waals surface area contributed by atoms with Crippen LogP contribution in [0, 0.1) is 0 Å². The summed E-state index contributed by atoms with van der Waals surface area (Å²) >= 11 is 0. The number of nitrogen functional groups attached to an aromatic ring is 1. The molecule has 0 saturated heterocycles. The first-order valence-electron chi connectivity index (χ1n) is 4.19. The molecule has 5 heteroatoms. The number of fused-ring (bicyclic) bond motifs is 3. The van der Waals surface area contributed by atoms with E-state index in [4.69, 9.17) is 10.5 Å². The Morgan fingerprint density at radius 3 is 3.36 bits per heavy atom. The number of anilines is 3. The van der Waals surface area contributed by atoms with Crippen molar-refractivity contribution >= 4 is 17.2 Å². The van der Waals surface area contributed by atoms with Crippen molar-refractivity contribution in [2.45, 2.75) is 0 Å². The smallest absolute Gasteiger partial charge is 0.151 e. The van der Waals surface area contributed by atoms with Crippen LogP contribution in [0.25, 0.3) is 0 Å². The van der Waals surface area contributed by atoms with Gasteiger partial charge in [-0.2, -0.15) is 0 Å². The predicted octanol–water partition coefficient (Wildman–Crippen LogP) is 1.20. The molecule has 0 spiro atoms. The molecule has 3 N–H and O–H groups in total. The third-order valence-corrected chi connectivity index (χ3v) is 2.20. The second-order valence-corrected chi connectivity index (χ2v) is 3.01. The number of ether oxygens (including phenoxy) is 1. The zero-order valence-electron chi connectivity index (χ0n) is 7.27. The fourth-order valence-corrected chi connectivity index (χ4v) is 1.56. The molecule has 1 aromatic rings. The second-order valence-electron chi connectivity index (χ2n) is 3.01. The lowest BCUT2D eigenvalue weighted by Gasteiger charge is -2.16. The quantitative estimate of drug-likeness (QED) is 0.640. The Bertz CT molecular complexity index is 452. The van der Waals surface area contributed by atoms with Gasteiger partial charge in [0.25, 0.3) is 0 Å². The molecule has 2 aliphatic rings. The molecule has 3 rings (SSSR count). The van der Waals surface area contributed by atoms with Gasteiger partial charge < -0.3 is 15.8 Å². The van der Waals surface area contributed by atoms with Crippen LogP contribution >= 0.6 is 0 Å². The van der Waals surface area contributed by atoms with Crippen LogP contribution in [0.15, 0.2) is 36.8 Å². The SMILES string of the molecule is Nc1nccc2c1NC1=COC=CN12. The Morgan fingerprint density at radius 1 is 1.50 bits per heavy atom. The van der Waals surface area contributed by atoms with Gasteiger partial charge in [-0.3, -0.25) is 4.90 Å². The number of nitrogens with two attached hydrogens (primary N) is 1. The molecule has 5 nitrogen and oxygen atoms in total. The third-order valence-electron chi connectivity index (χ3n) is 2.20. The van der Waals surface area contributed by atoms with Gasteiger partial charge >= 0.3 is 0 Å². The predicted molar refractivity (Wildman–Crippen MR) is 53.1 cm³/mol. The van der Waals surface area contributed by atoms with Gasteiger partial charge in [0.05, 0.1) is 5.69 Å². The first kappa shape index (κ1) is 7.25. The molecular weight excluding hydrogens is 180 g/mol. The van der Waals surface area contributed by atoms with Crippen molar-refractivity contribution in [1.29, 1.82) is 0 Å². The van der Waals surface area contributed by atoms with E-state index in [0.29, 0.717) is 5.82 Å². The number of hydrogen-bond donors (Lipinski definition) is 2. The molecule has 0 amide bonds. The summed E-state index contributed by atoms with van der Waals surface area (Å²) in [4.78, 5) is 5.96. The van der Waals surface area contributed by atoms with Gasteiger partial charge in [-0.15, -0.1) is 0 Å². The van der Waals surface area contributed by atoms with E-state index in [9.17, 15) is 0 Å². The first-order chi connectivity index (χ1) is 6.86. The van der Waals surface area contributed by atoms with Gasteiger partial charge in [0.1, 0.15) is 24.0 Å². The Balaban J connectivity index is 2.19. The minimum Gasteiger partial charge on any atom is -0.467 e. The summed E-state index contributed by atoms with van der Waals surface area (Å²) in [7, 11) is 0. The summed E-state index contributed by atoms with van der Waals surface area (Å²) in [5.41, 5.74) is 7.55. The molecule has 14 heavy (non-hydrogen) atoms. The third kappa shape index (κ3) is 0.806. The molecule has 70 valence electrons. The first-order valence-corrected chi connectivity index (χ1v) is 4.19. The van der Waals surface area contributed by atoms with Crippen LogP contribution in [0.1, 0.15) is 0 Å². The van der Waals surface area contributed by atoms with Crippen LogP contribution in [0.4, 0.5) is 17.2 Å². The molecule has 0 bridgehead atoms. The molecule has 0 aliphatic carbocycles. The fourth-order valence-electron chi connectivity index (χ4n) is 1.56. The minimum atomic E-state index is 0.492. The highest BCUT2D eigenvalue weighted by Crippen LogP contribution is 2.40. The molecule has 0 radical (unpaired) electrons. The van der Waals surface area contributed by atoms with Crippen LogP contribution in [0.3, 0.4) is 0 Å². The summed E-state index contributed by atoms with van der Waals surface area (Å²) in [5.74, 6) is 1.34. The molecule has 3 heterocycles. The standard InChI is InChI=1S/C9H8N4O/c10-9-8-6(1-2-11-9)13-3-4-14-5-7(13)12-8/h1-5,12H,(H2,10,11). The normalized spacial score (nSPS) is 16.6. The average Bonchev–Trinajstić information content (AvgIpc) is 2.59. The number of nitrogens with zero attached hydrogens (tertiary/aromatic N) is 2. The molecule has 0 atom stereocenters. The summed E-state index contributed by atoms with van der Waals surface area (Å²) in [5, 5.41) is 3.13. The summed E-state index contributed by atoms with van der Waals surface area (Å²) in [6, 6.07) is 1.90. The zero-order chi connectivity index (χ0) is 9.54. The largest absolute Gasteiger partial charge is 0.467 e. The van der Waals surface area contributed by atoms with E-state index in [1.165, 1.54) is 0 Å². The van der Waals surface area contributed by atoms with Crippen molar-refractivity contribution in [1.82, 2.24) is 4.98 Å². The number of aromatic nitrogens is 1. The molecular formula is C9H8N4O. The van der Waals surface area contributed by atoms with Crippen LogP contribution in [-0.4, -0.2) is 4.98 Å². The Hall–Kier alpha value is -2.17. The lowest BCUT2D eigenvalue weighted by molar-refractivity contribution is 0.389. The summed E-state index contributed by atoms with van der Waals surface area (Å²) in [6.07, 6.45) is 6.74. The highest BCUT2D eigenvalue weighted by atomic mass is 16.5. The van der Waals surface area contributed by atoms with E-state index in [2.05, 4.69) is 10.3 Å². The number of nitrogens with one attached hydrogen (secondary N) is 1. The van der Waals surface area contributed by atoms with Crippen molar-refractivity contribution in [3.63, 3.8) is 0 Å². The Morgan fingerprint density at radius 2 is 2.43 bits per heavy atom. The van der Waals surface area contributed by atoms with Gasteiger partial charge in [0.15, 0.2) is 5.82 Å². The topological polar surface area (TPSA) is 63.4 Å². The van der Waals surface area contributed by atoms with Gasteiger partial charge in [-0.25, -0.2) is 4.98 Å². The fraction of sp³-hybridized carbons (Fsp3) is 0. The maximum Gasteiger partial charge on any atom is 0.151 e. The maximum absolute atomic E-state index is 5.73. The van der Waals surface area contributed by atoms with Crippen LogP contribution in [0.2, 0.25) is 0 Å². The van der Waals surface area contributed by atoms with Gasteiger partial charge in [-0.1, -0.05) is 0 Å². The van der Waals surface area contributed by atoms with Crippen LogP contribution < -0.4 is 16.0 Å². The van der Waals surface area contributed by atoms with E-state index in [-0.39, 0.29) is 0 Å². The van der Waals surface area contributed by atoms with E-state index >= 15 is 0 Å². The Labute approximate surface area is 80.5 Å². The van der Waals surface area contributed by atoms with Crippen LogP contribution in [0.5, 0.6) is 0 Å². The number of pyridine rings is 1. The van der Waals surface area contributed by atoms with E-state index in [0.717, 1.165) is 17.2 Å². The van der Waals surface area contributed by atoms with Crippen molar-refractivity contribution in [2.75, 3.05) is 16.0 Å². The molecule has 0 aromatic carbocycles.